The fraction of sp³-hybridized carbons (Fsp3) is 0.105. The van der Waals surface area contributed by atoms with E-state index < -0.39 is 0 Å². The normalized spacial score (nSPS) is 13.0. The van der Waals surface area contributed by atoms with E-state index in [1.54, 1.807) is 6.92 Å². The minimum Gasteiger partial charge on any atom is -0.436 e. The van der Waals surface area contributed by atoms with Gasteiger partial charge in [-0.15, -0.1) is 0 Å². The third-order valence-electron chi connectivity index (χ3n) is 3.98. The number of aryl methyl sites for hydroxylation is 1. The number of aromatic nitrogens is 1. The van der Waals surface area contributed by atoms with Gasteiger partial charge in [0.15, 0.2) is 11.5 Å². The van der Waals surface area contributed by atoms with Crippen molar-refractivity contribution in [3.8, 4) is 5.75 Å². The van der Waals surface area contributed by atoms with Gasteiger partial charge in [-0.3, -0.25) is 9.36 Å². The third-order valence-corrected chi connectivity index (χ3v) is 3.98. The molecular weight excluding hydrogens is 288 g/mol. The minimum absolute atomic E-state index is 0.00864. The van der Waals surface area contributed by atoms with Crippen LogP contribution in [0.5, 0.6) is 5.75 Å². The summed E-state index contributed by atoms with van der Waals surface area (Å²) in [4.78, 5) is 11.9. The van der Waals surface area contributed by atoms with Crippen molar-refractivity contribution < 1.29 is 9.53 Å². The number of nitrogens with one attached hydrogen (secondary N) is 1. The topological polar surface area (TPSA) is 43.3 Å². The van der Waals surface area contributed by atoms with Crippen LogP contribution in [0.2, 0.25) is 0 Å². The predicted molar refractivity (Wildman–Crippen MR) is 91.6 cm³/mol. The Morgan fingerprint density at radius 2 is 1.83 bits per heavy atom. The summed E-state index contributed by atoms with van der Waals surface area (Å²) in [7, 11) is 0. The van der Waals surface area contributed by atoms with Crippen LogP contribution in [-0.4, -0.2) is 10.4 Å². The summed E-state index contributed by atoms with van der Waals surface area (Å²) >= 11 is 0. The number of carbonyl (C=O) groups is 1. The van der Waals surface area contributed by atoms with E-state index in [0.717, 1.165) is 22.0 Å². The predicted octanol–water partition coefficient (Wildman–Crippen LogP) is 4.41. The van der Waals surface area contributed by atoms with Crippen molar-refractivity contribution in [1.82, 2.24) is 4.57 Å². The molecule has 0 fully saturated rings. The highest BCUT2D eigenvalue weighted by Gasteiger charge is 2.20. The quantitative estimate of drug-likeness (QED) is 0.713. The molecular formula is C19H16N2O2. The SMILES string of the molecule is CC(=O)c1cc(C)cc2c1OC(n1cc3ccccc3c1)=CN2. The first-order valence-electron chi connectivity index (χ1n) is 7.49. The molecule has 3 aromatic rings. The number of hydrogen-bond donors (Lipinski definition) is 1. The van der Waals surface area contributed by atoms with Gasteiger partial charge in [-0.2, -0.15) is 0 Å². The summed E-state index contributed by atoms with van der Waals surface area (Å²) in [6, 6.07) is 12.0. The van der Waals surface area contributed by atoms with Gasteiger partial charge >= 0.3 is 0 Å². The summed E-state index contributed by atoms with van der Waals surface area (Å²) in [6.07, 6.45) is 5.83. The van der Waals surface area contributed by atoms with E-state index in [0.29, 0.717) is 17.2 Å². The summed E-state index contributed by atoms with van der Waals surface area (Å²) in [5.74, 6) is 1.21. The molecule has 4 nitrogen and oxygen atoms in total. The first-order valence-corrected chi connectivity index (χ1v) is 7.49. The molecule has 4 rings (SSSR count). The minimum atomic E-state index is -0.00864. The van der Waals surface area contributed by atoms with Crippen molar-refractivity contribution in [2.24, 2.45) is 0 Å². The maximum Gasteiger partial charge on any atom is 0.220 e. The van der Waals surface area contributed by atoms with Gasteiger partial charge in [0.05, 0.1) is 17.5 Å². The van der Waals surface area contributed by atoms with Crippen LogP contribution in [0.1, 0.15) is 22.8 Å². The lowest BCUT2D eigenvalue weighted by atomic mass is 10.1. The van der Waals surface area contributed by atoms with Gasteiger partial charge in [-0.05, 0) is 42.3 Å². The van der Waals surface area contributed by atoms with Crippen LogP contribution < -0.4 is 10.1 Å². The van der Waals surface area contributed by atoms with E-state index in [4.69, 9.17) is 4.74 Å². The van der Waals surface area contributed by atoms with Gasteiger partial charge in [0.2, 0.25) is 5.88 Å². The largest absolute Gasteiger partial charge is 0.436 e. The Balaban J connectivity index is 1.78. The molecule has 1 N–H and O–H groups in total. The monoisotopic (exact) mass is 304 g/mol. The number of carbonyl (C=O) groups excluding carboxylic acids is 1. The summed E-state index contributed by atoms with van der Waals surface area (Å²) in [5, 5.41) is 5.51. The maximum atomic E-state index is 11.9. The molecule has 0 aliphatic carbocycles. The molecule has 0 saturated heterocycles. The molecule has 0 amide bonds. The first-order chi connectivity index (χ1) is 11.1. The number of ketones is 1. The van der Waals surface area contributed by atoms with E-state index in [1.165, 1.54) is 0 Å². The summed E-state index contributed by atoms with van der Waals surface area (Å²) in [6.45, 7) is 3.52. The zero-order chi connectivity index (χ0) is 16.0. The summed E-state index contributed by atoms with van der Waals surface area (Å²) in [5.41, 5.74) is 2.43. The smallest absolute Gasteiger partial charge is 0.220 e. The van der Waals surface area contributed by atoms with Gasteiger partial charge in [-0.25, -0.2) is 0 Å². The molecule has 0 radical (unpaired) electrons. The Bertz CT molecular complexity index is 934. The fourth-order valence-corrected chi connectivity index (χ4v) is 2.86. The number of ether oxygens (including phenoxy) is 1. The average molecular weight is 304 g/mol. The molecule has 1 aromatic heterocycles. The molecule has 0 bridgehead atoms. The molecule has 4 heteroatoms. The van der Waals surface area contributed by atoms with Gasteiger partial charge in [0.25, 0.3) is 0 Å². The van der Waals surface area contributed by atoms with Crippen LogP contribution in [-0.2, 0) is 0 Å². The van der Waals surface area contributed by atoms with E-state index >= 15 is 0 Å². The zero-order valence-corrected chi connectivity index (χ0v) is 13.0. The number of Topliss-reactive ketones (excluding diaryl/α,β-unsaturated/α-hetero) is 1. The standard InChI is InChI=1S/C19H16N2O2/c1-12-7-16(13(2)22)19-17(8-12)20-9-18(23-19)21-10-14-5-3-4-6-15(14)11-21/h3-11,20H,1-2H3. The van der Waals surface area contributed by atoms with Crippen LogP contribution in [0.3, 0.4) is 0 Å². The molecule has 0 atom stereocenters. The number of benzene rings is 2. The van der Waals surface area contributed by atoms with Crippen molar-refractivity contribution in [3.63, 3.8) is 0 Å². The molecule has 2 aromatic carbocycles. The van der Waals surface area contributed by atoms with Gasteiger partial charge < -0.3 is 10.1 Å². The number of nitrogens with zero attached hydrogens (tertiary/aromatic N) is 1. The fourth-order valence-electron chi connectivity index (χ4n) is 2.86. The lowest BCUT2D eigenvalue weighted by Crippen LogP contribution is -2.13. The second kappa shape index (κ2) is 5.02. The van der Waals surface area contributed by atoms with Crippen molar-refractivity contribution in [2.75, 3.05) is 5.32 Å². The number of fused-ring (bicyclic) bond motifs is 2. The average Bonchev–Trinajstić information content (AvgIpc) is 2.97. The Hall–Kier alpha value is -3.01. The molecule has 1 aliphatic heterocycles. The lowest BCUT2D eigenvalue weighted by Gasteiger charge is -2.22. The molecule has 0 spiro atoms. The van der Waals surface area contributed by atoms with Crippen LogP contribution in [0.4, 0.5) is 5.69 Å². The van der Waals surface area contributed by atoms with Crippen LogP contribution in [0.15, 0.2) is 55.0 Å². The highest BCUT2D eigenvalue weighted by molar-refractivity contribution is 5.99. The molecule has 2 heterocycles. The Kier molecular flexibility index (Phi) is 2.98. The number of anilines is 1. The van der Waals surface area contributed by atoms with Gasteiger partial charge in [0, 0.05) is 12.4 Å². The highest BCUT2D eigenvalue weighted by atomic mass is 16.5. The first kappa shape index (κ1) is 13.6. The van der Waals surface area contributed by atoms with Crippen LogP contribution in [0.25, 0.3) is 16.7 Å². The van der Waals surface area contributed by atoms with E-state index in [9.17, 15) is 4.79 Å². The van der Waals surface area contributed by atoms with Gasteiger partial charge in [-0.1, -0.05) is 24.3 Å². The van der Waals surface area contributed by atoms with Crippen molar-refractivity contribution in [2.45, 2.75) is 13.8 Å². The number of rotatable bonds is 2. The maximum absolute atomic E-state index is 11.9. The molecule has 0 unspecified atom stereocenters. The molecule has 23 heavy (non-hydrogen) atoms. The van der Waals surface area contributed by atoms with Crippen molar-refractivity contribution in [3.05, 3.63) is 66.1 Å². The number of hydrogen-bond acceptors (Lipinski definition) is 3. The molecule has 1 aliphatic rings. The summed E-state index contributed by atoms with van der Waals surface area (Å²) < 4.78 is 7.96. The molecule has 114 valence electrons. The Morgan fingerprint density at radius 3 is 2.48 bits per heavy atom. The Morgan fingerprint density at radius 1 is 1.13 bits per heavy atom. The second-order valence-corrected chi connectivity index (χ2v) is 5.77. The zero-order valence-electron chi connectivity index (χ0n) is 13.0. The highest BCUT2D eigenvalue weighted by Crippen LogP contribution is 2.36. The van der Waals surface area contributed by atoms with Crippen LogP contribution >= 0.6 is 0 Å². The Labute approximate surface area is 134 Å². The van der Waals surface area contributed by atoms with E-state index in [-0.39, 0.29) is 5.78 Å². The van der Waals surface area contributed by atoms with Gasteiger partial charge in [0.1, 0.15) is 0 Å². The van der Waals surface area contributed by atoms with Crippen molar-refractivity contribution >= 4 is 28.1 Å². The third kappa shape index (κ3) is 2.28. The lowest BCUT2D eigenvalue weighted by molar-refractivity contribution is 0.101. The van der Waals surface area contributed by atoms with E-state index in [2.05, 4.69) is 17.4 Å². The van der Waals surface area contributed by atoms with E-state index in [1.807, 2.05) is 54.3 Å². The van der Waals surface area contributed by atoms with Crippen LogP contribution in [0, 0.1) is 6.92 Å². The van der Waals surface area contributed by atoms with Crippen molar-refractivity contribution in [1.29, 1.82) is 0 Å². The second-order valence-electron chi connectivity index (χ2n) is 5.77. The molecule has 0 saturated carbocycles.